The molecule has 37 heavy (non-hydrogen) atoms. The summed E-state index contributed by atoms with van der Waals surface area (Å²) in [5.41, 5.74) is 12.0. The van der Waals surface area contributed by atoms with Crippen molar-refractivity contribution in [1.82, 2.24) is 14.9 Å². The van der Waals surface area contributed by atoms with Crippen LogP contribution in [-0.2, 0) is 6.42 Å². The average molecular weight is 495 g/mol. The summed E-state index contributed by atoms with van der Waals surface area (Å²) in [5.74, 6) is 1.05. The second-order valence-electron chi connectivity index (χ2n) is 9.81. The van der Waals surface area contributed by atoms with Gasteiger partial charge >= 0.3 is 0 Å². The number of aryl methyl sites for hydroxylation is 1. The summed E-state index contributed by atoms with van der Waals surface area (Å²) in [5, 5.41) is 0. The molecule has 0 aliphatic carbocycles. The van der Waals surface area contributed by atoms with Crippen LogP contribution in [0, 0.1) is 12.8 Å². The van der Waals surface area contributed by atoms with Gasteiger partial charge in [0.25, 0.3) is 5.91 Å². The highest BCUT2D eigenvalue weighted by Gasteiger charge is 2.33. The fourth-order valence-corrected chi connectivity index (χ4v) is 4.77. The van der Waals surface area contributed by atoms with Crippen LogP contribution in [-0.4, -0.2) is 33.9 Å². The van der Waals surface area contributed by atoms with Crippen LogP contribution in [0.15, 0.2) is 84.9 Å². The number of carbonyl (C=O) groups is 1. The van der Waals surface area contributed by atoms with Crippen molar-refractivity contribution in [2.75, 3.05) is 13.1 Å². The summed E-state index contributed by atoms with van der Waals surface area (Å²) >= 11 is 0. The van der Waals surface area contributed by atoms with Gasteiger partial charge in [0.2, 0.25) is 0 Å². The molecule has 4 rings (SSSR count). The second kappa shape index (κ2) is 12.5. The van der Waals surface area contributed by atoms with Gasteiger partial charge in [0.1, 0.15) is 5.82 Å². The molecule has 0 spiro atoms. The van der Waals surface area contributed by atoms with Gasteiger partial charge in [-0.15, -0.1) is 0 Å². The van der Waals surface area contributed by atoms with Crippen molar-refractivity contribution in [3.63, 3.8) is 0 Å². The molecule has 1 amide bonds. The molecule has 3 aromatic carbocycles. The molecule has 0 unspecified atom stereocenters. The van der Waals surface area contributed by atoms with Gasteiger partial charge in [0.05, 0.1) is 11.7 Å². The van der Waals surface area contributed by atoms with Gasteiger partial charge in [0, 0.05) is 29.8 Å². The predicted molar refractivity (Wildman–Crippen MR) is 151 cm³/mol. The lowest BCUT2D eigenvalue weighted by Gasteiger charge is -2.34. The Morgan fingerprint density at radius 3 is 2.24 bits per heavy atom. The molecule has 0 saturated carbocycles. The normalized spacial score (nSPS) is 12.8. The standard InChI is InChI=1S/C32H38N4O/c1-4-24(3)30(36(21-11-20-33)32(37)27-18-16-23(2)17-19-27)31-34-28(22-25-12-7-5-8-13-25)29(35-31)26-14-9-6-10-15-26/h5-10,12-19,24,30H,4,11,20-22,33H2,1-3H3,(H,34,35)/t24-,30+/m0/s1. The fourth-order valence-electron chi connectivity index (χ4n) is 4.77. The number of aromatic nitrogens is 2. The Bertz CT molecular complexity index is 1270. The molecule has 0 aliphatic heterocycles. The second-order valence-corrected chi connectivity index (χ2v) is 9.81. The van der Waals surface area contributed by atoms with Gasteiger partial charge in [0.15, 0.2) is 0 Å². The van der Waals surface area contributed by atoms with Crippen molar-refractivity contribution in [2.24, 2.45) is 11.7 Å². The third-order valence-corrected chi connectivity index (χ3v) is 7.03. The number of nitrogens with one attached hydrogen (secondary N) is 1. The van der Waals surface area contributed by atoms with Gasteiger partial charge in [-0.05, 0) is 43.5 Å². The maximum atomic E-state index is 13.9. The fraction of sp³-hybridized carbons (Fsp3) is 0.312. The van der Waals surface area contributed by atoms with Crippen LogP contribution in [0.3, 0.4) is 0 Å². The summed E-state index contributed by atoms with van der Waals surface area (Å²) in [4.78, 5) is 24.7. The number of aromatic amines is 1. The minimum atomic E-state index is -0.197. The number of hydrogen-bond donors (Lipinski definition) is 2. The number of H-pyrrole nitrogens is 1. The molecule has 2 atom stereocenters. The monoisotopic (exact) mass is 494 g/mol. The zero-order chi connectivity index (χ0) is 26.2. The SMILES string of the molecule is CC[C@H](C)[C@H](c1nc(-c2ccccc2)c(Cc2ccccc2)[nH]1)N(CCCN)C(=O)c1ccc(C)cc1. The lowest BCUT2D eigenvalue weighted by Crippen LogP contribution is -2.40. The number of rotatable bonds is 11. The van der Waals surface area contributed by atoms with E-state index in [1.165, 1.54) is 5.56 Å². The highest BCUT2D eigenvalue weighted by molar-refractivity contribution is 5.94. The van der Waals surface area contributed by atoms with E-state index >= 15 is 0 Å². The Morgan fingerprint density at radius 2 is 1.62 bits per heavy atom. The average Bonchev–Trinajstić information content (AvgIpc) is 3.34. The van der Waals surface area contributed by atoms with Crippen LogP contribution in [0.5, 0.6) is 0 Å². The van der Waals surface area contributed by atoms with E-state index in [-0.39, 0.29) is 17.9 Å². The van der Waals surface area contributed by atoms with Crippen LogP contribution in [0.1, 0.15) is 65.7 Å². The smallest absolute Gasteiger partial charge is 0.254 e. The van der Waals surface area contributed by atoms with Gasteiger partial charge in [-0.1, -0.05) is 98.6 Å². The van der Waals surface area contributed by atoms with Crippen molar-refractivity contribution in [3.8, 4) is 11.3 Å². The maximum Gasteiger partial charge on any atom is 0.254 e. The third-order valence-electron chi connectivity index (χ3n) is 7.03. The van der Waals surface area contributed by atoms with Gasteiger partial charge in [-0.3, -0.25) is 4.79 Å². The van der Waals surface area contributed by atoms with E-state index in [0.29, 0.717) is 18.7 Å². The summed E-state index contributed by atoms with van der Waals surface area (Å²) in [6, 6.07) is 28.3. The number of carbonyl (C=O) groups excluding carboxylic acids is 1. The predicted octanol–water partition coefficient (Wildman–Crippen LogP) is 6.55. The number of benzene rings is 3. The van der Waals surface area contributed by atoms with Crippen molar-refractivity contribution in [3.05, 3.63) is 113 Å². The van der Waals surface area contributed by atoms with Crippen LogP contribution in [0.2, 0.25) is 0 Å². The van der Waals surface area contributed by atoms with Gasteiger partial charge in [-0.2, -0.15) is 0 Å². The van der Waals surface area contributed by atoms with Gasteiger partial charge < -0.3 is 15.6 Å². The molecule has 1 heterocycles. The van der Waals surface area contributed by atoms with E-state index < -0.39 is 0 Å². The minimum absolute atomic E-state index is 0.0148. The lowest BCUT2D eigenvalue weighted by atomic mass is 9.95. The summed E-state index contributed by atoms with van der Waals surface area (Å²) in [6.45, 7) is 7.50. The maximum absolute atomic E-state index is 13.9. The first-order valence-electron chi connectivity index (χ1n) is 13.3. The number of nitrogens with zero attached hydrogens (tertiary/aromatic N) is 2. The number of imidazole rings is 1. The van der Waals surface area contributed by atoms with Crippen molar-refractivity contribution >= 4 is 5.91 Å². The molecular formula is C32H38N4O. The zero-order valence-corrected chi connectivity index (χ0v) is 22.2. The molecule has 0 fully saturated rings. The highest BCUT2D eigenvalue weighted by Crippen LogP contribution is 2.34. The highest BCUT2D eigenvalue weighted by atomic mass is 16.2. The summed E-state index contributed by atoms with van der Waals surface area (Å²) in [6.07, 6.45) is 2.38. The van der Waals surface area contributed by atoms with Crippen molar-refractivity contribution < 1.29 is 4.79 Å². The first-order chi connectivity index (χ1) is 18.0. The molecule has 0 aliphatic rings. The molecule has 0 bridgehead atoms. The van der Waals surface area contributed by atoms with E-state index in [1.807, 2.05) is 60.4 Å². The van der Waals surface area contributed by atoms with Crippen LogP contribution >= 0.6 is 0 Å². The lowest BCUT2D eigenvalue weighted by molar-refractivity contribution is 0.0595. The Morgan fingerprint density at radius 1 is 0.973 bits per heavy atom. The number of hydrogen-bond acceptors (Lipinski definition) is 3. The topological polar surface area (TPSA) is 75.0 Å². The Balaban J connectivity index is 1.80. The minimum Gasteiger partial charge on any atom is -0.343 e. The first kappa shape index (κ1) is 26.4. The third kappa shape index (κ3) is 6.36. The van der Waals surface area contributed by atoms with Crippen molar-refractivity contribution in [1.29, 1.82) is 0 Å². The van der Waals surface area contributed by atoms with Gasteiger partial charge in [-0.25, -0.2) is 4.98 Å². The molecule has 5 heteroatoms. The van der Waals surface area contributed by atoms with E-state index in [1.54, 1.807) is 0 Å². The van der Waals surface area contributed by atoms with E-state index in [4.69, 9.17) is 10.7 Å². The largest absolute Gasteiger partial charge is 0.343 e. The Labute approximate surface area is 220 Å². The molecule has 0 saturated heterocycles. The molecule has 5 nitrogen and oxygen atoms in total. The molecular weight excluding hydrogens is 456 g/mol. The Hall–Kier alpha value is -3.70. The summed E-state index contributed by atoms with van der Waals surface area (Å²) < 4.78 is 0. The molecule has 3 N–H and O–H groups in total. The molecule has 4 aromatic rings. The molecule has 1 aromatic heterocycles. The van der Waals surface area contributed by atoms with E-state index in [0.717, 1.165) is 47.6 Å². The quantitative estimate of drug-likeness (QED) is 0.248. The molecule has 192 valence electrons. The van der Waals surface area contributed by atoms with Crippen LogP contribution in [0.4, 0.5) is 0 Å². The first-order valence-corrected chi connectivity index (χ1v) is 13.3. The van der Waals surface area contributed by atoms with E-state index in [2.05, 4.69) is 55.2 Å². The summed E-state index contributed by atoms with van der Waals surface area (Å²) in [7, 11) is 0. The molecule has 0 radical (unpaired) electrons. The van der Waals surface area contributed by atoms with Crippen LogP contribution in [0.25, 0.3) is 11.3 Å². The Kier molecular flexibility index (Phi) is 8.91. The van der Waals surface area contributed by atoms with Crippen molar-refractivity contribution in [2.45, 2.75) is 46.1 Å². The zero-order valence-electron chi connectivity index (χ0n) is 22.2. The van der Waals surface area contributed by atoms with Crippen LogP contribution < -0.4 is 5.73 Å². The van der Waals surface area contributed by atoms with E-state index in [9.17, 15) is 4.79 Å². The number of amides is 1. The number of nitrogens with two attached hydrogens (primary N) is 1.